The smallest absolute Gasteiger partial charge is 0.259 e. The van der Waals surface area contributed by atoms with Crippen molar-refractivity contribution in [2.24, 2.45) is 0 Å². The normalized spacial score (nSPS) is 14.8. The summed E-state index contributed by atoms with van der Waals surface area (Å²) >= 11 is 1.49. The first-order chi connectivity index (χ1) is 17.1. The minimum absolute atomic E-state index is 0.0308. The summed E-state index contributed by atoms with van der Waals surface area (Å²) in [5.74, 6) is -0.506. The van der Waals surface area contributed by atoms with Crippen molar-refractivity contribution in [3.8, 4) is 0 Å². The summed E-state index contributed by atoms with van der Waals surface area (Å²) in [6.07, 6.45) is 2.73. The van der Waals surface area contributed by atoms with Gasteiger partial charge in [0.1, 0.15) is 6.54 Å². The number of hydrogen-bond donors (Lipinski definition) is 1. The molecule has 1 N–H and O–H groups in total. The minimum Gasteiger partial charge on any atom is -0.354 e. The van der Waals surface area contributed by atoms with Crippen molar-refractivity contribution in [1.82, 2.24) is 10.2 Å². The average molecular weight is 486 g/mol. The molecular weight excluding hydrogens is 458 g/mol. The van der Waals surface area contributed by atoms with Crippen molar-refractivity contribution in [3.63, 3.8) is 0 Å². The number of rotatable bonds is 6. The van der Waals surface area contributed by atoms with E-state index in [9.17, 15) is 14.4 Å². The lowest BCUT2D eigenvalue weighted by Crippen LogP contribution is -2.41. The number of nitrogens with one attached hydrogen (secondary N) is 1. The number of amides is 3. The van der Waals surface area contributed by atoms with Gasteiger partial charge in [-0.3, -0.25) is 19.3 Å². The molecule has 1 saturated heterocycles. The Kier molecular flexibility index (Phi) is 6.86. The van der Waals surface area contributed by atoms with Crippen molar-refractivity contribution >= 4 is 35.2 Å². The Hall–Kier alpha value is -3.58. The average Bonchev–Trinajstić information content (AvgIpc) is 3.40. The van der Waals surface area contributed by atoms with Crippen LogP contribution in [0, 0.1) is 0 Å². The van der Waals surface area contributed by atoms with E-state index in [0.29, 0.717) is 29.8 Å². The van der Waals surface area contributed by atoms with Crippen LogP contribution in [0.2, 0.25) is 0 Å². The molecule has 0 saturated carbocycles. The van der Waals surface area contributed by atoms with Gasteiger partial charge in [0.25, 0.3) is 11.8 Å². The molecule has 0 unspecified atom stereocenters. The third-order valence-electron chi connectivity index (χ3n) is 6.35. The lowest BCUT2D eigenvalue weighted by Gasteiger charge is -2.24. The number of benzene rings is 3. The number of likely N-dealkylation sites (tertiary alicyclic amines) is 1. The van der Waals surface area contributed by atoms with Crippen LogP contribution in [0.1, 0.15) is 39.1 Å². The summed E-state index contributed by atoms with van der Waals surface area (Å²) in [6.45, 7) is 1.87. The van der Waals surface area contributed by atoms with Gasteiger partial charge >= 0.3 is 0 Å². The van der Waals surface area contributed by atoms with E-state index in [2.05, 4.69) is 5.32 Å². The molecule has 6 nitrogen and oxygen atoms in total. The van der Waals surface area contributed by atoms with Crippen LogP contribution in [-0.2, 0) is 11.2 Å². The predicted molar refractivity (Wildman–Crippen MR) is 137 cm³/mol. The first kappa shape index (κ1) is 23.2. The van der Waals surface area contributed by atoms with E-state index >= 15 is 0 Å². The lowest BCUT2D eigenvalue weighted by atomic mass is 10.1. The van der Waals surface area contributed by atoms with Gasteiger partial charge in [-0.25, -0.2) is 0 Å². The summed E-state index contributed by atoms with van der Waals surface area (Å²) < 4.78 is 0. The highest BCUT2D eigenvalue weighted by molar-refractivity contribution is 7.99. The van der Waals surface area contributed by atoms with E-state index in [1.165, 1.54) is 16.7 Å². The van der Waals surface area contributed by atoms with E-state index in [0.717, 1.165) is 41.3 Å². The highest BCUT2D eigenvalue weighted by Crippen LogP contribution is 2.41. The van der Waals surface area contributed by atoms with Gasteiger partial charge in [-0.1, -0.05) is 54.2 Å². The van der Waals surface area contributed by atoms with Crippen molar-refractivity contribution in [1.29, 1.82) is 0 Å². The maximum absolute atomic E-state index is 13.6. The number of nitrogens with zero attached hydrogens (tertiary/aromatic N) is 2. The Balaban J connectivity index is 1.40. The topological polar surface area (TPSA) is 69.7 Å². The second kappa shape index (κ2) is 10.4. The van der Waals surface area contributed by atoms with Crippen LogP contribution in [0.4, 0.5) is 5.69 Å². The standard InChI is InChI=1S/C28H27N3O3S/c32-26(29-15-14-20-8-2-1-3-9-20)19-31-23-18-21(27(33)30-16-6-7-17-30)12-13-25(23)35-24-11-5-4-10-22(24)28(31)34/h1-5,8-13,18H,6-7,14-17,19H2,(H,29,32). The molecule has 0 aliphatic carbocycles. The summed E-state index contributed by atoms with van der Waals surface area (Å²) in [7, 11) is 0. The molecule has 2 aliphatic rings. The van der Waals surface area contributed by atoms with Gasteiger partial charge in [0.2, 0.25) is 5.91 Å². The molecule has 2 heterocycles. The minimum atomic E-state index is -0.240. The molecule has 3 amide bonds. The van der Waals surface area contributed by atoms with E-state index < -0.39 is 0 Å². The van der Waals surface area contributed by atoms with Crippen molar-refractivity contribution < 1.29 is 14.4 Å². The van der Waals surface area contributed by atoms with Crippen LogP contribution in [0.3, 0.4) is 0 Å². The Morgan fingerprint density at radius 2 is 1.63 bits per heavy atom. The van der Waals surface area contributed by atoms with Crippen LogP contribution in [0.15, 0.2) is 82.6 Å². The fourth-order valence-corrected chi connectivity index (χ4v) is 5.56. The van der Waals surface area contributed by atoms with Gasteiger partial charge < -0.3 is 10.2 Å². The second-order valence-electron chi connectivity index (χ2n) is 8.76. The summed E-state index contributed by atoms with van der Waals surface area (Å²) in [5, 5.41) is 2.94. The van der Waals surface area contributed by atoms with Gasteiger partial charge in [-0.15, -0.1) is 0 Å². The van der Waals surface area contributed by atoms with E-state index in [1.807, 2.05) is 65.6 Å². The van der Waals surface area contributed by atoms with Crippen LogP contribution in [-0.4, -0.2) is 48.8 Å². The molecule has 0 atom stereocenters. The molecule has 178 valence electrons. The van der Waals surface area contributed by atoms with Gasteiger partial charge in [0, 0.05) is 35.0 Å². The SMILES string of the molecule is O=C(CN1C(=O)c2ccccc2Sc2ccc(C(=O)N3CCCC3)cc21)NCCc1ccccc1. The molecule has 0 radical (unpaired) electrons. The third kappa shape index (κ3) is 5.10. The van der Waals surface area contributed by atoms with E-state index in [1.54, 1.807) is 12.1 Å². The maximum Gasteiger partial charge on any atom is 0.259 e. The zero-order valence-corrected chi connectivity index (χ0v) is 20.2. The van der Waals surface area contributed by atoms with Crippen LogP contribution < -0.4 is 10.2 Å². The predicted octanol–water partition coefficient (Wildman–Crippen LogP) is 4.39. The number of carbonyl (C=O) groups is 3. The molecule has 3 aromatic carbocycles. The van der Waals surface area contributed by atoms with Crippen LogP contribution in [0.5, 0.6) is 0 Å². The van der Waals surface area contributed by atoms with Crippen LogP contribution in [0.25, 0.3) is 0 Å². The largest absolute Gasteiger partial charge is 0.354 e. The maximum atomic E-state index is 13.6. The number of fused-ring (bicyclic) bond motifs is 2. The molecule has 0 aromatic heterocycles. The molecular formula is C28H27N3O3S. The third-order valence-corrected chi connectivity index (χ3v) is 7.49. The molecule has 0 spiro atoms. The zero-order chi connectivity index (χ0) is 24.2. The second-order valence-corrected chi connectivity index (χ2v) is 9.84. The quantitative estimate of drug-likeness (QED) is 0.562. The fraction of sp³-hybridized carbons (Fsp3) is 0.250. The van der Waals surface area contributed by atoms with Gasteiger partial charge in [0.15, 0.2) is 0 Å². The molecule has 3 aromatic rings. The Labute approximate surface area is 209 Å². The molecule has 7 heteroatoms. The number of carbonyl (C=O) groups excluding carboxylic acids is 3. The van der Waals surface area contributed by atoms with E-state index in [-0.39, 0.29) is 24.3 Å². The number of anilines is 1. The Morgan fingerprint density at radius 1 is 0.886 bits per heavy atom. The molecule has 0 bridgehead atoms. The van der Waals surface area contributed by atoms with Crippen molar-refractivity contribution in [2.75, 3.05) is 31.1 Å². The summed E-state index contributed by atoms with van der Waals surface area (Å²) in [5.41, 5.74) is 2.83. The van der Waals surface area contributed by atoms with Gasteiger partial charge in [-0.05, 0) is 55.2 Å². The highest BCUT2D eigenvalue weighted by atomic mass is 32.2. The van der Waals surface area contributed by atoms with Crippen molar-refractivity contribution in [3.05, 3.63) is 89.5 Å². The fourth-order valence-electron chi connectivity index (χ4n) is 4.50. The molecule has 1 fully saturated rings. The Morgan fingerprint density at radius 3 is 2.43 bits per heavy atom. The molecule has 2 aliphatic heterocycles. The van der Waals surface area contributed by atoms with Crippen molar-refractivity contribution in [2.45, 2.75) is 29.1 Å². The lowest BCUT2D eigenvalue weighted by molar-refractivity contribution is -0.119. The number of hydrogen-bond acceptors (Lipinski definition) is 4. The summed E-state index contributed by atoms with van der Waals surface area (Å²) in [4.78, 5) is 44.6. The molecule has 5 rings (SSSR count). The van der Waals surface area contributed by atoms with Gasteiger partial charge in [-0.2, -0.15) is 0 Å². The van der Waals surface area contributed by atoms with Crippen LogP contribution >= 0.6 is 11.8 Å². The highest BCUT2D eigenvalue weighted by Gasteiger charge is 2.30. The molecule has 35 heavy (non-hydrogen) atoms. The first-order valence-electron chi connectivity index (χ1n) is 11.9. The Bertz CT molecular complexity index is 1260. The first-order valence-corrected chi connectivity index (χ1v) is 12.7. The monoisotopic (exact) mass is 485 g/mol. The van der Waals surface area contributed by atoms with E-state index in [4.69, 9.17) is 0 Å². The summed E-state index contributed by atoms with van der Waals surface area (Å²) in [6, 6.07) is 22.8. The zero-order valence-electron chi connectivity index (χ0n) is 19.4. The van der Waals surface area contributed by atoms with Gasteiger partial charge in [0.05, 0.1) is 11.3 Å².